The summed E-state index contributed by atoms with van der Waals surface area (Å²) in [6, 6.07) is 48.2. The zero-order chi connectivity index (χ0) is 30.7. The lowest BCUT2D eigenvalue weighted by Crippen LogP contribution is -2.12. The van der Waals surface area contributed by atoms with E-state index in [4.69, 9.17) is 4.98 Å². The molecule has 2 heterocycles. The molecule has 0 radical (unpaired) electrons. The van der Waals surface area contributed by atoms with Gasteiger partial charge in [0, 0.05) is 16.7 Å². The van der Waals surface area contributed by atoms with Crippen molar-refractivity contribution < 1.29 is 4.79 Å². The molecule has 7 aromatic rings. The first-order chi connectivity index (χ1) is 21.9. The molecule has 3 nitrogen and oxygen atoms in total. The van der Waals surface area contributed by atoms with Gasteiger partial charge in [0.2, 0.25) is 0 Å². The number of benzene rings is 6. The molecule has 1 aliphatic rings. The van der Waals surface area contributed by atoms with Crippen LogP contribution in [0.2, 0.25) is 0 Å². The van der Waals surface area contributed by atoms with E-state index in [1.807, 2.05) is 34.9 Å². The minimum absolute atomic E-state index is 0.0404. The zero-order valence-corrected chi connectivity index (χ0v) is 25.6. The molecule has 6 aromatic carbocycles. The van der Waals surface area contributed by atoms with Crippen LogP contribution in [0.1, 0.15) is 36.7 Å². The van der Waals surface area contributed by atoms with E-state index < -0.39 is 0 Å². The predicted molar refractivity (Wildman–Crippen MR) is 185 cm³/mol. The third kappa shape index (κ3) is 4.27. The monoisotopic (exact) mass is 580 g/mol. The van der Waals surface area contributed by atoms with Gasteiger partial charge in [0.1, 0.15) is 5.82 Å². The topological polar surface area (TPSA) is 34.9 Å². The SMILES string of the molecule is CC(C)(C)c1ccc2nc3n(c2c1)C(=O)c1c(-c2ccccc2)c(-c2ccccc2)c(-c2ccccc2)c(-c2ccccc2)c1-3. The van der Waals surface area contributed by atoms with Gasteiger partial charge in [0.25, 0.3) is 5.91 Å². The van der Waals surface area contributed by atoms with E-state index >= 15 is 4.79 Å². The van der Waals surface area contributed by atoms with Crippen LogP contribution in [0.5, 0.6) is 0 Å². The number of imidazole rings is 1. The summed E-state index contributed by atoms with van der Waals surface area (Å²) >= 11 is 0. The van der Waals surface area contributed by atoms with Crippen LogP contribution in [0.4, 0.5) is 0 Å². The lowest BCUT2D eigenvalue weighted by atomic mass is 9.77. The number of hydrogen-bond donors (Lipinski definition) is 0. The minimum atomic E-state index is -0.0707. The molecule has 0 fully saturated rings. The van der Waals surface area contributed by atoms with Gasteiger partial charge >= 0.3 is 0 Å². The van der Waals surface area contributed by atoms with Gasteiger partial charge in [-0.1, -0.05) is 148 Å². The maximum absolute atomic E-state index is 15.1. The van der Waals surface area contributed by atoms with Crippen LogP contribution >= 0.6 is 0 Å². The maximum atomic E-state index is 15.1. The zero-order valence-electron chi connectivity index (χ0n) is 25.6. The van der Waals surface area contributed by atoms with Gasteiger partial charge in [-0.3, -0.25) is 9.36 Å². The van der Waals surface area contributed by atoms with Crippen molar-refractivity contribution in [1.29, 1.82) is 0 Å². The molecule has 0 unspecified atom stereocenters. The van der Waals surface area contributed by atoms with Crippen molar-refractivity contribution in [3.63, 3.8) is 0 Å². The van der Waals surface area contributed by atoms with Crippen LogP contribution in [0.15, 0.2) is 140 Å². The van der Waals surface area contributed by atoms with Crippen molar-refractivity contribution in [2.45, 2.75) is 26.2 Å². The summed E-state index contributed by atoms with van der Waals surface area (Å²) in [6.45, 7) is 6.60. The van der Waals surface area contributed by atoms with E-state index in [9.17, 15) is 0 Å². The molecule has 0 saturated heterocycles. The number of rotatable bonds is 4. The number of carbonyl (C=O) groups is 1. The average Bonchev–Trinajstić information content (AvgIpc) is 3.59. The number of fused-ring (bicyclic) bond motifs is 5. The van der Waals surface area contributed by atoms with Gasteiger partial charge in [-0.25, -0.2) is 4.98 Å². The molecule has 0 aliphatic carbocycles. The van der Waals surface area contributed by atoms with E-state index in [0.29, 0.717) is 11.4 Å². The Balaban J connectivity index is 1.62. The van der Waals surface area contributed by atoms with Crippen LogP contribution in [-0.4, -0.2) is 15.5 Å². The highest BCUT2D eigenvalue weighted by Gasteiger charge is 2.39. The van der Waals surface area contributed by atoms with Gasteiger partial charge in [0.15, 0.2) is 0 Å². The summed E-state index contributed by atoms with van der Waals surface area (Å²) in [5.74, 6) is 0.658. The molecule has 0 bridgehead atoms. The third-order valence-corrected chi connectivity index (χ3v) is 8.91. The Bertz CT molecular complexity index is 2220. The Labute approximate surface area is 263 Å². The Kier molecular flexibility index (Phi) is 6.18. The van der Waals surface area contributed by atoms with Crippen LogP contribution in [0, 0.1) is 0 Å². The molecule has 8 rings (SSSR count). The number of nitrogens with zero attached hydrogens (tertiary/aromatic N) is 2. The number of aromatic nitrogens is 2. The van der Waals surface area contributed by atoms with Crippen molar-refractivity contribution in [2.75, 3.05) is 0 Å². The molecule has 0 spiro atoms. The van der Waals surface area contributed by atoms with Crippen molar-refractivity contribution in [1.82, 2.24) is 9.55 Å². The Morgan fingerprint density at radius 3 is 1.31 bits per heavy atom. The van der Waals surface area contributed by atoms with Crippen LogP contribution in [-0.2, 0) is 5.41 Å². The van der Waals surface area contributed by atoms with Crippen LogP contribution in [0.25, 0.3) is 66.9 Å². The molecule has 0 saturated carbocycles. The van der Waals surface area contributed by atoms with Gasteiger partial charge in [-0.15, -0.1) is 0 Å². The quantitative estimate of drug-likeness (QED) is 0.208. The van der Waals surface area contributed by atoms with Gasteiger partial charge in [0.05, 0.1) is 16.6 Å². The summed E-state index contributed by atoms with van der Waals surface area (Å²) in [5, 5.41) is 0. The van der Waals surface area contributed by atoms with Gasteiger partial charge < -0.3 is 0 Å². The summed E-state index contributed by atoms with van der Waals surface area (Å²) in [7, 11) is 0. The molecule has 3 heteroatoms. The molecule has 0 amide bonds. The minimum Gasteiger partial charge on any atom is -0.268 e. The second kappa shape index (κ2) is 10.3. The molecular formula is C42H32N2O. The second-order valence-electron chi connectivity index (χ2n) is 12.7. The first kappa shape index (κ1) is 27.0. The molecule has 1 aromatic heterocycles. The fourth-order valence-electron chi connectivity index (χ4n) is 6.79. The van der Waals surface area contributed by atoms with E-state index in [1.54, 1.807) is 0 Å². The smallest absolute Gasteiger partial charge is 0.265 e. The largest absolute Gasteiger partial charge is 0.268 e. The Morgan fingerprint density at radius 1 is 0.489 bits per heavy atom. The molecule has 1 aliphatic heterocycles. The number of carbonyl (C=O) groups excluding carboxylic acids is 1. The van der Waals surface area contributed by atoms with Crippen LogP contribution in [0.3, 0.4) is 0 Å². The Hall–Kier alpha value is -5.54. The highest BCUT2D eigenvalue weighted by molar-refractivity contribution is 6.24. The van der Waals surface area contributed by atoms with Crippen LogP contribution < -0.4 is 0 Å². The first-order valence-electron chi connectivity index (χ1n) is 15.5. The standard InChI is InChI=1S/C42H32N2O/c1-42(2,3)31-24-25-32-33(26-31)44-40(43-32)38-36(29-20-12-6-13-21-29)34(27-16-8-4-9-17-27)35(28-18-10-5-11-19-28)37(39(38)41(44)45)30-22-14-7-15-23-30/h4-26H,1-3H3. The molecule has 45 heavy (non-hydrogen) atoms. The van der Waals surface area contributed by atoms with E-state index in [1.165, 1.54) is 5.56 Å². The summed E-state index contributed by atoms with van der Waals surface area (Å²) in [4.78, 5) is 20.3. The molecule has 0 atom stereocenters. The van der Waals surface area contributed by atoms with Gasteiger partial charge in [-0.2, -0.15) is 0 Å². The predicted octanol–water partition coefficient (Wildman–Crippen LogP) is 10.7. The Morgan fingerprint density at radius 2 is 0.889 bits per heavy atom. The third-order valence-electron chi connectivity index (χ3n) is 8.91. The maximum Gasteiger partial charge on any atom is 0.265 e. The van der Waals surface area contributed by atoms with Crippen molar-refractivity contribution in [3.05, 3.63) is 151 Å². The van der Waals surface area contributed by atoms with E-state index in [0.717, 1.165) is 61.1 Å². The van der Waals surface area contributed by atoms with Gasteiger partial charge in [-0.05, 0) is 56.5 Å². The summed E-state index contributed by atoms with van der Waals surface area (Å²) in [6.07, 6.45) is 0. The van der Waals surface area contributed by atoms with E-state index in [-0.39, 0.29) is 11.3 Å². The van der Waals surface area contributed by atoms with Crippen molar-refractivity contribution >= 4 is 16.9 Å². The average molecular weight is 581 g/mol. The lowest BCUT2D eigenvalue weighted by Gasteiger charge is -2.24. The fourth-order valence-corrected chi connectivity index (χ4v) is 6.79. The molecular weight excluding hydrogens is 548 g/mol. The normalized spacial score (nSPS) is 12.4. The molecule has 0 N–H and O–H groups in total. The lowest BCUT2D eigenvalue weighted by molar-refractivity contribution is 0.0974. The highest BCUT2D eigenvalue weighted by Crippen LogP contribution is 2.55. The number of hydrogen-bond acceptors (Lipinski definition) is 2. The fraction of sp³-hybridized carbons (Fsp3) is 0.0952. The van der Waals surface area contributed by atoms with E-state index in [2.05, 4.69) is 130 Å². The molecule has 216 valence electrons. The summed E-state index contributed by atoms with van der Waals surface area (Å²) < 4.78 is 1.86. The van der Waals surface area contributed by atoms with Crippen molar-refractivity contribution in [3.8, 4) is 55.9 Å². The first-order valence-corrected chi connectivity index (χ1v) is 15.5. The highest BCUT2D eigenvalue weighted by atomic mass is 16.2. The second-order valence-corrected chi connectivity index (χ2v) is 12.7. The summed E-state index contributed by atoms with van der Waals surface area (Å²) in [5.41, 5.74) is 12.7. The van der Waals surface area contributed by atoms with Crippen molar-refractivity contribution in [2.24, 2.45) is 0 Å².